The van der Waals surface area contributed by atoms with Crippen LogP contribution in [0.3, 0.4) is 0 Å². The Morgan fingerprint density at radius 1 is 0.933 bits per heavy atom. The van der Waals surface area contributed by atoms with Crippen LogP contribution in [0.1, 0.15) is 85.4 Å². The number of nitrogens with zero attached hydrogens (tertiary/aromatic N) is 4. The van der Waals surface area contributed by atoms with E-state index in [0.717, 1.165) is 38.2 Å². The number of halogens is 3. The number of fused-ring (bicyclic) bond motifs is 1. The van der Waals surface area contributed by atoms with Gasteiger partial charge < -0.3 is 14.8 Å². The molecule has 0 aliphatic heterocycles. The Hall–Kier alpha value is -4.61. The summed E-state index contributed by atoms with van der Waals surface area (Å²) in [5.74, 6) is -0.420. The van der Waals surface area contributed by atoms with Gasteiger partial charge in [-0.3, -0.25) is 14.5 Å². The van der Waals surface area contributed by atoms with Crippen LogP contribution in [-0.4, -0.2) is 46.7 Å². The van der Waals surface area contributed by atoms with Crippen molar-refractivity contribution >= 4 is 23.1 Å². The molecule has 5 rings (SSSR count). The van der Waals surface area contributed by atoms with Crippen molar-refractivity contribution in [2.45, 2.75) is 70.1 Å². The molecule has 0 bridgehead atoms. The average molecular weight is 624 g/mol. The molecule has 1 fully saturated rings. The summed E-state index contributed by atoms with van der Waals surface area (Å²) in [6.07, 6.45) is -0.0770. The third-order valence-corrected chi connectivity index (χ3v) is 8.01. The number of amides is 2. The minimum Gasteiger partial charge on any atom is -0.497 e. The Labute approximate surface area is 259 Å². The number of aromatic nitrogens is 3. The molecule has 0 unspecified atom stereocenters. The number of carbonyl (C=O) groups excluding carboxylic acids is 2. The number of hydrogen-bond acceptors (Lipinski definition) is 6. The summed E-state index contributed by atoms with van der Waals surface area (Å²) >= 11 is 0. The van der Waals surface area contributed by atoms with Gasteiger partial charge in [0.2, 0.25) is 5.91 Å². The summed E-state index contributed by atoms with van der Waals surface area (Å²) in [4.78, 5) is 34.3. The summed E-state index contributed by atoms with van der Waals surface area (Å²) in [5.41, 5.74) is -0.456. The van der Waals surface area contributed by atoms with Crippen LogP contribution in [-0.2, 0) is 11.0 Å². The molecule has 2 heterocycles. The molecule has 1 atom stereocenters. The first-order valence-electron chi connectivity index (χ1n) is 14.9. The normalized spacial score (nSPS) is 14.8. The van der Waals surface area contributed by atoms with E-state index in [2.05, 4.69) is 15.4 Å². The van der Waals surface area contributed by atoms with E-state index >= 15 is 0 Å². The van der Waals surface area contributed by atoms with Gasteiger partial charge in [-0.05, 0) is 66.8 Å². The van der Waals surface area contributed by atoms with Gasteiger partial charge in [0.1, 0.15) is 23.2 Å². The van der Waals surface area contributed by atoms with Gasteiger partial charge in [-0.15, -0.1) is 0 Å². The fourth-order valence-corrected chi connectivity index (χ4v) is 5.58. The Morgan fingerprint density at radius 3 is 2.09 bits per heavy atom. The van der Waals surface area contributed by atoms with Gasteiger partial charge in [-0.2, -0.15) is 18.3 Å². The highest BCUT2D eigenvalue weighted by molar-refractivity contribution is 6.09. The molecule has 2 aromatic heterocycles. The zero-order chi connectivity index (χ0) is 32.3. The minimum absolute atomic E-state index is 0.0667. The van der Waals surface area contributed by atoms with E-state index in [4.69, 9.17) is 9.47 Å². The predicted molar refractivity (Wildman–Crippen MR) is 163 cm³/mol. The molecule has 238 valence electrons. The number of rotatable bonds is 9. The second-order valence-electron chi connectivity index (χ2n) is 11.4. The number of methoxy groups -OCH3 is 2. The van der Waals surface area contributed by atoms with Crippen LogP contribution in [0.4, 0.5) is 18.9 Å². The van der Waals surface area contributed by atoms with Gasteiger partial charge in [0.05, 0.1) is 14.2 Å². The van der Waals surface area contributed by atoms with Crippen LogP contribution in [0.25, 0.3) is 5.65 Å². The number of ether oxygens (including phenoxy) is 2. The van der Waals surface area contributed by atoms with Crippen LogP contribution >= 0.6 is 0 Å². The van der Waals surface area contributed by atoms with E-state index < -0.39 is 29.7 Å². The topological polar surface area (TPSA) is 98.1 Å². The van der Waals surface area contributed by atoms with Gasteiger partial charge in [-0.25, -0.2) is 9.50 Å². The first kappa shape index (κ1) is 31.8. The SMILES string of the molecule is COc1ccc([C@H](C(=O)NC2CCCCC2)N(C(=O)c2cc3nc(C(C)C)cc(C(F)(F)F)n3n2)c2ccc(OC)cc2)cc1. The fraction of sp³-hybridized carbons (Fsp3) is 0.394. The van der Waals surface area contributed by atoms with Crippen LogP contribution in [0.15, 0.2) is 60.7 Å². The van der Waals surface area contributed by atoms with Crippen LogP contribution in [0, 0.1) is 0 Å². The average Bonchev–Trinajstić information content (AvgIpc) is 3.47. The van der Waals surface area contributed by atoms with E-state index in [-0.39, 0.29) is 29.0 Å². The van der Waals surface area contributed by atoms with Gasteiger partial charge in [0.25, 0.3) is 5.91 Å². The number of alkyl halides is 3. The lowest BCUT2D eigenvalue weighted by atomic mass is 9.94. The van der Waals surface area contributed by atoms with Crippen LogP contribution in [0.5, 0.6) is 11.5 Å². The third-order valence-electron chi connectivity index (χ3n) is 8.01. The maximum atomic E-state index is 14.5. The maximum Gasteiger partial charge on any atom is 0.433 e. The molecule has 9 nitrogen and oxygen atoms in total. The van der Waals surface area contributed by atoms with Crippen molar-refractivity contribution in [3.63, 3.8) is 0 Å². The monoisotopic (exact) mass is 623 g/mol. The zero-order valence-electron chi connectivity index (χ0n) is 25.6. The summed E-state index contributed by atoms with van der Waals surface area (Å²) in [7, 11) is 3.02. The molecule has 12 heteroatoms. The summed E-state index contributed by atoms with van der Waals surface area (Å²) in [6.45, 7) is 3.47. The molecule has 1 N–H and O–H groups in total. The fourth-order valence-electron chi connectivity index (χ4n) is 5.58. The van der Waals surface area contributed by atoms with Gasteiger partial charge in [0.15, 0.2) is 11.3 Å². The number of nitrogens with one attached hydrogen (secondary N) is 1. The van der Waals surface area contributed by atoms with E-state index in [1.165, 1.54) is 25.2 Å². The molecule has 0 saturated heterocycles. The summed E-state index contributed by atoms with van der Waals surface area (Å²) in [6, 6.07) is 14.2. The zero-order valence-corrected chi connectivity index (χ0v) is 25.6. The van der Waals surface area contributed by atoms with E-state index in [1.807, 2.05) is 0 Å². The second-order valence-corrected chi connectivity index (χ2v) is 11.4. The van der Waals surface area contributed by atoms with Crippen molar-refractivity contribution in [1.82, 2.24) is 19.9 Å². The van der Waals surface area contributed by atoms with E-state index in [9.17, 15) is 22.8 Å². The lowest BCUT2D eigenvalue weighted by Crippen LogP contribution is -2.47. The van der Waals surface area contributed by atoms with Crippen LogP contribution < -0.4 is 19.7 Å². The third kappa shape index (κ3) is 6.89. The number of benzene rings is 2. The largest absolute Gasteiger partial charge is 0.497 e. The highest BCUT2D eigenvalue weighted by atomic mass is 19.4. The summed E-state index contributed by atoms with van der Waals surface area (Å²) < 4.78 is 53.7. The Balaban J connectivity index is 1.67. The van der Waals surface area contributed by atoms with Crippen molar-refractivity contribution in [1.29, 1.82) is 0 Å². The molecular formula is C33H36F3N5O4. The van der Waals surface area contributed by atoms with Crippen molar-refractivity contribution in [3.05, 3.63) is 83.3 Å². The standard InChI is InChI=1S/C33H36F3N5O4/c1-20(2)26-18-28(33(34,35)36)41-29(38-26)19-27(39-41)32(43)40(23-12-16-25(45-4)17-13-23)30(21-10-14-24(44-3)15-11-21)31(42)37-22-8-6-5-7-9-22/h10-20,22,30H,5-9H2,1-4H3,(H,37,42)/t30-/m1/s1. The molecule has 2 amide bonds. The molecule has 45 heavy (non-hydrogen) atoms. The van der Waals surface area contributed by atoms with Crippen molar-refractivity contribution in [3.8, 4) is 11.5 Å². The Kier molecular flexibility index (Phi) is 9.31. The lowest BCUT2D eigenvalue weighted by molar-refractivity contribution is -0.142. The maximum absolute atomic E-state index is 14.5. The van der Waals surface area contributed by atoms with Crippen molar-refractivity contribution in [2.75, 3.05) is 19.1 Å². The first-order chi connectivity index (χ1) is 21.5. The van der Waals surface area contributed by atoms with Gasteiger partial charge >= 0.3 is 6.18 Å². The molecule has 4 aromatic rings. The Morgan fingerprint density at radius 2 is 1.53 bits per heavy atom. The van der Waals surface area contributed by atoms with Crippen molar-refractivity contribution in [2.24, 2.45) is 0 Å². The van der Waals surface area contributed by atoms with Gasteiger partial charge in [0, 0.05) is 23.5 Å². The molecular weight excluding hydrogens is 587 g/mol. The number of anilines is 1. The van der Waals surface area contributed by atoms with E-state index in [1.54, 1.807) is 62.4 Å². The van der Waals surface area contributed by atoms with Gasteiger partial charge in [-0.1, -0.05) is 45.2 Å². The minimum atomic E-state index is -4.75. The quantitative estimate of drug-likeness (QED) is 0.222. The first-order valence-corrected chi connectivity index (χ1v) is 14.9. The molecule has 1 aliphatic carbocycles. The molecule has 1 aliphatic rings. The van der Waals surface area contributed by atoms with E-state index in [0.29, 0.717) is 27.3 Å². The Bertz CT molecular complexity index is 1650. The summed E-state index contributed by atoms with van der Waals surface area (Å²) in [5, 5.41) is 7.23. The smallest absolute Gasteiger partial charge is 0.433 e. The highest BCUT2D eigenvalue weighted by Crippen LogP contribution is 2.34. The highest BCUT2D eigenvalue weighted by Gasteiger charge is 2.38. The predicted octanol–water partition coefficient (Wildman–Crippen LogP) is 6.73. The number of carbonyl (C=O) groups is 2. The molecule has 0 spiro atoms. The second kappa shape index (κ2) is 13.2. The van der Waals surface area contributed by atoms with Crippen LogP contribution in [0.2, 0.25) is 0 Å². The molecule has 0 radical (unpaired) electrons. The lowest BCUT2D eigenvalue weighted by Gasteiger charge is -2.33. The number of hydrogen-bond donors (Lipinski definition) is 1. The molecule has 2 aromatic carbocycles. The molecule has 1 saturated carbocycles. The van der Waals surface area contributed by atoms with Crippen molar-refractivity contribution < 1.29 is 32.2 Å².